The molecule has 6 heteroatoms. The molecule has 15 heavy (non-hydrogen) atoms. The number of carbonyl (C=O) groups excluding carboxylic acids is 1. The Morgan fingerprint density at radius 2 is 2.27 bits per heavy atom. The maximum atomic E-state index is 11.6. The molecule has 1 heterocycles. The maximum Gasteiger partial charge on any atom is 0.328 e. The maximum absolute atomic E-state index is 11.6. The first-order valence-electron chi connectivity index (χ1n) is 4.87. The number of amides is 1. The highest BCUT2D eigenvalue weighted by Gasteiger charge is 2.29. The van der Waals surface area contributed by atoms with E-state index in [1.54, 1.807) is 0 Å². The lowest BCUT2D eigenvalue weighted by Gasteiger charge is -2.15. The zero-order valence-electron chi connectivity index (χ0n) is 8.64. The Morgan fingerprint density at radius 3 is 2.67 bits per heavy atom. The van der Waals surface area contributed by atoms with E-state index in [0.717, 1.165) is 13.0 Å². The molecule has 1 fully saturated rings. The molecule has 1 unspecified atom stereocenters. The molecule has 3 N–H and O–H groups in total. The highest BCUT2D eigenvalue weighted by atomic mass is 16.4. The van der Waals surface area contributed by atoms with Gasteiger partial charge in [-0.3, -0.25) is 4.79 Å². The Kier molecular flexibility index (Phi) is 4.05. The monoisotopic (exact) mass is 216 g/mol. The first kappa shape index (κ1) is 11.9. The van der Waals surface area contributed by atoms with Gasteiger partial charge in [-0.15, -0.1) is 0 Å². The van der Waals surface area contributed by atoms with Gasteiger partial charge in [0.15, 0.2) is 0 Å². The van der Waals surface area contributed by atoms with Crippen LogP contribution in [0.4, 0.5) is 0 Å². The van der Waals surface area contributed by atoms with Crippen molar-refractivity contribution in [1.29, 1.82) is 0 Å². The molecule has 0 spiro atoms. The van der Waals surface area contributed by atoms with Crippen molar-refractivity contribution in [1.82, 2.24) is 10.2 Å². The molecule has 0 aliphatic carbocycles. The van der Waals surface area contributed by atoms with E-state index < -0.39 is 18.6 Å². The summed E-state index contributed by atoms with van der Waals surface area (Å²) < 4.78 is 0. The average Bonchev–Trinajstić information content (AvgIpc) is 2.60. The lowest BCUT2D eigenvalue weighted by molar-refractivity contribution is -0.143. The third-order valence-electron chi connectivity index (χ3n) is 2.56. The van der Waals surface area contributed by atoms with Crippen LogP contribution in [0.3, 0.4) is 0 Å². The van der Waals surface area contributed by atoms with Crippen LogP contribution in [0.5, 0.6) is 0 Å². The number of carboxylic acid groups (broad SMARTS) is 1. The fourth-order valence-corrected chi connectivity index (χ4v) is 1.62. The minimum absolute atomic E-state index is 0.164. The summed E-state index contributed by atoms with van der Waals surface area (Å²) in [4.78, 5) is 24.1. The standard InChI is InChI=1S/C9H16N2O4/c1-11-3-2-6(4-11)8(13)10-7(5-12)9(14)15/h6-7,12H,2-5H2,1H3,(H,10,13)(H,14,15)/t6?,7-/m1/s1. The zero-order valence-corrected chi connectivity index (χ0v) is 8.64. The molecule has 1 aliphatic heterocycles. The number of hydrogen-bond acceptors (Lipinski definition) is 4. The minimum Gasteiger partial charge on any atom is -0.480 e. The van der Waals surface area contributed by atoms with E-state index in [9.17, 15) is 9.59 Å². The molecular weight excluding hydrogens is 200 g/mol. The summed E-state index contributed by atoms with van der Waals surface area (Å²) in [7, 11) is 1.91. The Hall–Kier alpha value is -1.14. The predicted octanol–water partition coefficient (Wildman–Crippen LogP) is -1.50. The normalized spacial score (nSPS) is 23.7. The van der Waals surface area contributed by atoms with Gasteiger partial charge in [-0.2, -0.15) is 0 Å². The number of nitrogens with one attached hydrogen (secondary N) is 1. The van der Waals surface area contributed by atoms with Gasteiger partial charge in [-0.1, -0.05) is 0 Å². The summed E-state index contributed by atoms with van der Waals surface area (Å²) in [5, 5.41) is 19.7. The molecule has 1 amide bonds. The highest BCUT2D eigenvalue weighted by molar-refractivity contribution is 5.85. The number of carbonyl (C=O) groups is 2. The molecule has 6 nitrogen and oxygen atoms in total. The molecule has 0 saturated carbocycles. The second kappa shape index (κ2) is 5.09. The van der Waals surface area contributed by atoms with Crippen molar-refractivity contribution in [2.45, 2.75) is 12.5 Å². The van der Waals surface area contributed by atoms with E-state index in [2.05, 4.69) is 5.32 Å². The fraction of sp³-hybridized carbons (Fsp3) is 0.778. The van der Waals surface area contributed by atoms with Gasteiger partial charge in [0, 0.05) is 6.54 Å². The van der Waals surface area contributed by atoms with Gasteiger partial charge < -0.3 is 20.4 Å². The van der Waals surface area contributed by atoms with Gasteiger partial charge in [0.25, 0.3) is 0 Å². The fourth-order valence-electron chi connectivity index (χ4n) is 1.62. The SMILES string of the molecule is CN1CCC(C(=O)N[C@H](CO)C(=O)O)C1. The minimum atomic E-state index is -1.21. The van der Waals surface area contributed by atoms with Crippen LogP contribution in [0.2, 0.25) is 0 Å². The van der Waals surface area contributed by atoms with E-state index in [-0.39, 0.29) is 11.8 Å². The van der Waals surface area contributed by atoms with Crippen molar-refractivity contribution in [3.05, 3.63) is 0 Å². The average molecular weight is 216 g/mol. The highest BCUT2D eigenvalue weighted by Crippen LogP contribution is 2.14. The van der Waals surface area contributed by atoms with Crippen molar-refractivity contribution < 1.29 is 19.8 Å². The quantitative estimate of drug-likeness (QED) is 0.532. The lowest BCUT2D eigenvalue weighted by Crippen LogP contribution is -2.46. The number of hydrogen-bond donors (Lipinski definition) is 3. The van der Waals surface area contributed by atoms with Crippen LogP contribution in [-0.4, -0.2) is 59.8 Å². The molecule has 1 saturated heterocycles. The topological polar surface area (TPSA) is 89.9 Å². The molecule has 0 aromatic rings. The second-order valence-electron chi connectivity index (χ2n) is 3.83. The third kappa shape index (κ3) is 3.17. The summed E-state index contributed by atoms with van der Waals surface area (Å²) in [5.74, 6) is -1.67. The largest absolute Gasteiger partial charge is 0.480 e. The van der Waals surface area contributed by atoms with Gasteiger partial charge in [-0.25, -0.2) is 4.79 Å². The van der Waals surface area contributed by atoms with Crippen molar-refractivity contribution >= 4 is 11.9 Å². The van der Waals surface area contributed by atoms with Crippen molar-refractivity contribution in [3.63, 3.8) is 0 Å². The molecule has 1 rings (SSSR count). The van der Waals surface area contributed by atoms with Crippen molar-refractivity contribution in [2.24, 2.45) is 5.92 Å². The molecule has 0 aromatic carbocycles. The first-order valence-corrected chi connectivity index (χ1v) is 4.87. The van der Waals surface area contributed by atoms with E-state index in [4.69, 9.17) is 10.2 Å². The molecule has 1 aliphatic rings. The number of nitrogens with zero attached hydrogens (tertiary/aromatic N) is 1. The second-order valence-corrected chi connectivity index (χ2v) is 3.83. The summed E-state index contributed by atoms with van der Waals surface area (Å²) in [6, 6.07) is -1.19. The van der Waals surface area contributed by atoms with Crippen molar-refractivity contribution in [2.75, 3.05) is 26.7 Å². The Labute approximate surface area is 87.9 Å². The Bertz CT molecular complexity index is 256. The van der Waals surface area contributed by atoms with Crippen LogP contribution < -0.4 is 5.32 Å². The summed E-state index contributed by atoms with van der Waals surface area (Å²) in [5.41, 5.74) is 0. The Balaban J connectivity index is 2.44. The van der Waals surface area contributed by atoms with Crippen molar-refractivity contribution in [3.8, 4) is 0 Å². The Morgan fingerprint density at radius 1 is 1.60 bits per heavy atom. The van der Waals surface area contributed by atoms with E-state index >= 15 is 0 Å². The summed E-state index contributed by atoms with van der Waals surface area (Å²) in [6.45, 7) is 0.905. The van der Waals surface area contributed by atoms with E-state index in [1.807, 2.05) is 11.9 Å². The van der Waals surface area contributed by atoms with E-state index in [0.29, 0.717) is 6.54 Å². The van der Waals surface area contributed by atoms with E-state index in [1.165, 1.54) is 0 Å². The zero-order chi connectivity index (χ0) is 11.4. The van der Waals surface area contributed by atoms with Crippen LogP contribution >= 0.6 is 0 Å². The van der Waals surface area contributed by atoms with Crippen LogP contribution in [0.25, 0.3) is 0 Å². The lowest BCUT2D eigenvalue weighted by atomic mass is 10.1. The number of aliphatic hydroxyl groups excluding tert-OH is 1. The molecule has 0 radical (unpaired) electrons. The number of likely N-dealkylation sites (tertiary alicyclic amines) is 1. The van der Waals surface area contributed by atoms with Crippen LogP contribution in [0.1, 0.15) is 6.42 Å². The molecular formula is C9H16N2O4. The van der Waals surface area contributed by atoms with Gasteiger partial charge in [-0.05, 0) is 20.0 Å². The van der Waals surface area contributed by atoms with Gasteiger partial charge >= 0.3 is 5.97 Å². The summed E-state index contributed by atoms with van der Waals surface area (Å²) in [6.07, 6.45) is 0.736. The molecule has 2 atom stereocenters. The predicted molar refractivity (Wildman–Crippen MR) is 52.3 cm³/mol. The smallest absolute Gasteiger partial charge is 0.328 e. The van der Waals surface area contributed by atoms with Gasteiger partial charge in [0.2, 0.25) is 5.91 Å². The molecule has 86 valence electrons. The van der Waals surface area contributed by atoms with Crippen LogP contribution in [0, 0.1) is 5.92 Å². The number of aliphatic hydroxyl groups is 1. The molecule has 0 aromatic heterocycles. The number of rotatable bonds is 4. The first-order chi connectivity index (χ1) is 7.04. The summed E-state index contributed by atoms with van der Waals surface area (Å²) >= 11 is 0. The number of carboxylic acids is 1. The third-order valence-corrected chi connectivity index (χ3v) is 2.56. The van der Waals surface area contributed by atoms with Crippen LogP contribution in [-0.2, 0) is 9.59 Å². The number of aliphatic carboxylic acids is 1. The van der Waals surface area contributed by atoms with Gasteiger partial charge in [0.1, 0.15) is 6.04 Å². The van der Waals surface area contributed by atoms with Gasteiger partial charge in [0.05, 0.1) is 12.5 Å². The molecule has 0 bridgehead atoms. The van der Waals surface area contributed by atoms with Crippen LogP contribution in [0.15, 0.2) is 0 Å².